The number of carboxylic acid groups (broad SMARTS) is 1. The molecule has 0 saturated carbocycles. The molecule has 34 heavy (non-hydrogen) atoms. The maximum absolute atomic E-state index is 13.3. The summed E-state index contributed by atoms with van der Waals surface area (Å²) in [5, 5.41) is 17.1. The van der Waals surface area contributed by atoms with E-state index in [2.05, 4.69) is 10.3 Å². The van der Waals surface area contributed by atoms with Crippen molar-refractivity contribution in [3.05, 3.63) is 71.5 Å². The first kappa shape index (κ1) is 23.0. The average molecular weight is 473 g/mol. The van der Waals surface area contributed by atoms with Crippen molar-refractivity contribution in [2.24, 2.45) is 5.92 Å². The van der Waals surface area contributed by atoms with E-state index in [-0.39, 0.29) is 11.1 Å². The van der Waals surface area contributed by atoms with Crippen LogP contribution in [0.2, 0.25) is 0 Å². The van der Waals surface area contributed by atoms with Crippen molar-refractivity contribution in [3.63, 3.8) is 0 Å². The highest BCUT2D eigenvalue weighted by Crippen LogP contribution is 2.34. The molecule has 1 fully saturated rings. The van der Waals surface area contributed by atoms with Crippen LogP contribution >= 0.6 is 0 Å². The van der Waals surface area contributed by atoms with E-state index in [0.29, 0.717) is 16.3 Å². The summed E-state index contributed by atoms with van der Waals surface area (Å²) in [6.07, 6.45) is -1.52. The molecule has 3 amide bonds. The Bertz CT molecular complexity index is 1240. The lowest BCUT2D eigenvalue weighted by Crippen LogP contribution is -2.58. The largest absolute Gasteiger partial charge is 0.481 e. The van der Waals surface area contributed by atoms with Gasteiger partial charge >= 0.3 is 18.2 Å². The monoisotopic (exact) mass is 473 g/mol. The number of amides is 3. The Morgan fingerprint density at radius 2 is 1.79 bits per heavy atom. The van der Waals surface area contributed by atoms with Gasteiger partial charge in [-0.3, -0.25) is 19.4 Å². The summed E-state index contributed by atoms with van der Waals surface area (Å²) in [7, 11) is 0. The van der Waals surface area contributed by atoms with E-state index >= 15 is 0 Å². The van der Waals surface area contributed by atoms with Crippen LogP contribution < -0.4 is 4.90 Å². The number of rotatable bonds is 5. The molecule has 1 aliphatic rings. The smallest absolute Gasteiger partial charge is 0.416 e. The maximum Gasteiger partial charge on any atom is 0.416 e. The fourth-order valence-corrected chi connectivity index (χ4v) is 3.78. The molecule has 0 bridgehead atoms. The molecule has 2 heterocycles. The Labute approximate surface area is 191 Å². The third-order valence-electron chi connectivity index (χ3n) is 5.62. The summed E-state index contributed by atoms with van der Waals surface area (Å²) in [5.41, 5.74) is 0.00414. The second kappa shape index (κ2) is 8.61. The van der Waals surface area contributed by atoms with Crippen LogP contribution in [0.25, 0.3) is 5.69 Å². The number of nitrogens with zero attached hydrogens (tertiary/aromatic N) is 5. The van der Waals surface area contributed by atoms with E-state index < -0.39 is 48.7 Å². The molecular weight excluding hydrogens is 455 g/mol. The number of carboxylic acids is 1. The van der Waals surface area contributed by atoms with Crippen LogP contribution in [0.15, 0.2) is 54.9 Å². The lowest BCUT2D eigenvalue weighted by Gasteiger charge is -2.37. The van der Waals surface area contributed by atoms with Gasteiger partial charge in [-0.25, -0.2) is 9.48 Å². The zero-order valence-corrected chi connectivity index (χ0v) is 17.7. The van der Waals surface area contributed by atoms with E-state index in [9.17, 15) is 32.7 Å². The van der Waals surface area contributed by atoms with Gasteiger partial charge in [0.05, 0.1) is 30.2 Å². The highest BCUT2D eigenvalue weighted by Gasteiger charge is 2.44. The van der Waals surface area contributed by atoms with Gasteiger partial charge < -0.3 is 5.11 Å². The normalized spacial score (nSPS) is 16.8. The summed E-state index contributed by atoms with van der Waals surface area (Å²) < 4.78 is 41.4. The first-order valence-electron chi connectivity index (χ1n) is 10.1. The van der Waals surface area contributed by atoms with Crippen LogP contribution in [0.5, 0.6) is 0 Å². The molecule has 12 heteroatoms. The van der Waals surface area contributed by atoms with Crippen molar-refractivity contribution in [1.82, 2.24) is 19.9 Å². The van der Waals surface area contributed by atoms with Crippen molar-refractivity contribution in [2.45, 2.75) is 19.6 Å². The number of aromatic nitrogens is 3. The van der Waals surface area contributed by atoms with Crippen LogP contribution in [0.4, 0.5) is 23.7 Å². The molecule has 0 aliphatic carbocycles. The number of carbonyl (C=O) groups excluding carboxylic acids is 2. The van der Waals surface area contributed by atoms with Crippen LogP contribution in [-0.2, 0) is 22.3 Å². The van der Waals surface area contributed by atoms with Gasteiger partial charge in [-0.1, -0.05) is 17.3 Å². The highest BCUT2D eigenvalue weighted by molar-refractivity contribution is 6.12. The van der Waals surface area contributed by atoms with Crippen molar-refractivity contribution >= 4 is 23.6 Å². The van der Waals surface area contributed by atoms with Gasteiger partial charge in [-0.2, -0.15) is 13.2 Å². The Hall–Kier alpha value is -4.22. The quantitative estimate of drug-likeness (QED) is 0.570. The molecule has 3 aromatic rings. The Morgan fingerprint density at radius 3 is 2.38 bits per heavy atom. The van der Waals surface area contributed by atoms with E-state index in [1.807, 2.05) is 0 Å². The van der Waals surface area contributed by atoms with Gasteiger partial charge in [0.15, 0.2) is 5.92 Å². The van der Waals surface area contributed by atoms with Gasteiger partial charge in [0.25, 0.3) is 0 Å². The molecule has 1 N–H and O–H groups in total. The fourth-order valence-electron chi connectivity index (χ4n) is 3.78. The van der Waals surface area contributed by atoms with Crippen LogP contribution in [0, 0.1) is 12.8 Å². The van der Waals surface area contributed by atoms with E-state index in [0.717, 1.165) is 11.0 Å². The van der Waals surface area contributed by atoms with Crippen molar-refractivity contribution in [1.29, 1.82) is 0 Å². The highest BCUT2D eigenvalue weighted by atomic mass is 19.4. The molecular formula is C22H18F3N5O4. The number of hydrogen-bond donors (Lipinski definition) is 1. The van der Waals surface area contributed by atoms with Crippen molar-refractivity contribution < 1.29 is 32.7 Å². The minimum atomic E-state index is -4.61. The Morgan fingerprint density at radius 1 is 1.12 bits per heavy atom. The molecule has 176 valence electrons. The predicted molar refractivity (Wildman–Crippen MR) is 112 cm³/mol. The maximum atomic E-state index is 13.3. The molecule has 1 saturated heterocycles. The number of urea groups is 1. The molecule has 2 aromatic carbocycles. The second-order valence-corrected chi connectivity index (χ2v) is 7.66. The van der Waals surface area contributed by atoms with Crippen molar-refractivity contribution in [2.75, 3.05) is 11.4 Å². The van der Waals surface area contributed by atoms with Gasteiger partial charge in [-0.15, -0.1) is 5.10 Å². The number of carbonyl (C=O) groups is 3. The molecule has 1 unspecified atom stereocenters. The lowest BCUT2D eigenvalue weighted by molar-refractivity contribution is -0.150. The lowest BCUT2D eigenvalue weighted by atomic mass is 9.99. The van der Waals surface area contributed by atoms with Crippen LogP contribution in [0.3, 0.4) is 0 Å². The first-order valence-corrected chi connectivity index (χ1v) is 10.1. The molecule has 9 nitrogen and oxygen atoms in total. The zero-order valence-electron chi connectivity index (χ0n) is 17.7. The number of alkyl halides is 3. The average Bonchev–Trinajstić information content (AvgIpc) is 3.32. The predicted octanol–water partition coefficient (Wildman–Crippen LogP) is 3.26. The summed E-state index contributed by atoms with van der Waals surface area (Å²) in [5.74, 6) is -3.99. The van der Waals surface area contributed by atoms with E-state index in [1.165, 1.54) is 29.9 Å². The summed E-state index contributed by atoms with van der Waals surface area (Å²) in [4.78, 5) is 39.6. The number of anilines is 1. The topological polar surface area (TPSA) is 109 Å². The van der Waals surface area contributed by atoms with Gasteiger partial charge in [0.1, 0.15) is 0 Å². The Kier molecular flexibility index (Phi) is 5.82. The van der Waals surface area contributed by atoms with Gasteiger partial charge in [-0.05, 0) is 48.4 Å². The summed E-state index contributed by atoms with van der Waals surface area (Å²) in [6, 6.07) is 8.99. The zero-order chi connectivity index (χ0) is 24.6. The number of hydrogen-bond acceptors (Lipinski definition) is 5. The first-order chi connectivity index (χ1) is 16.1. The fraction of sp³-hybridized carbons (Fsp3) is 0.227. The van der Waals surface area contributed by atoms with Crippen LogP contribution in [0.1, 0.15) is 16.7 Å². The molecule has 1 atom stereocenters. The summed E-state index contributed by atoms with van der Waals surface area (Å²) >= 11 is 0. The van der Waals surface area contributed by atoms with E-state index in [1.54, 1.807) is 30.5 Å². The number of halogens is 3. The minimum absolute atomic E-state index is 0.0871. The number of benzene rings is 2. The molecule has 1 aromatic heterocycles. The molecule has 4 rings (SSSR count). The standard InChI is InChI=1S/C22H18F3N5O4/c1-13-14(3-2-4-18(13)22(23,24)25)11-29-19(31)17(20(32)33)12-28(21(29)34)15-5-7-16(8-6-15)30-10-9-26-27-30/h2-10,17H,11-12H2,1H3,(H,32,33). The van der Waals surface area contributed by atoms with Crippen LogP contribution in [-0.4, -0.2) is 49.5 Å². The molecule has 0 radical (unpaired) electrons. The second-order valence-electron chi connectivity index (χ2n) is 7.66. The number of aliphatic carboxylic acids is 1. The van der Waals surface area contributed by atoms with Gasteiger partial charge in [0, 0.05) is 12.2 Å². The third-order valence-corrected chi connectivity index (χ3v) is 5.62. The van der Waals surface area contributed by atoms with E-state index in [4.69, 9.17) is 0 Å². The SMILES string of the molecule is Cc1c(CN2C(=O)C(C(=O)O)CN(c3ccc(-n4ccnn4)cc3)C2=O)cccc1C(F)(F)F. The minimum Gasteiger partial charge on any atom is -0.481 e. The molecule has 1 aliphatic heterocycles. The number of imide groups is 1. The Balaban J connectivity index is 1.67. The third kappa shape index (κ3) is 4.21. The molecule has 0 spiro atoms. The van der Waals surface area contributed by atoms with Crippen molar-refractivity contribution in [3.8, 4) is 5.69 Å². The van der Waals surface area contributed by atoms with Gasteiger partial charge in [0.2, 0.25) is 5.91 Å². The summed E-state index contributed by atoms with van der Waals surface area (Å²) in [6.45, 7) is 0.338.